The van der Waals surface area contributed by atoms with Crippen LogP contribution in [0.1, 0.15) is 12.1 Å². The molecule has 0 aromatic carbocycles. The first-order valence-electron chi connectivity index (χ1n) is 4.98. The van der Waals surface area contributed by atoms with Gasteiger partial charge in [-0.2, -0.15) is 0 Å². The maximum absolute atomic E-state index is 11.4. The van der Waals surface area contributed by atoms with E-state index in [2.05, 4.69) is 20.9 Å². The fourth-order valence-corrected chi connectivity index (χ4v) is 4.17. The van der Waals surface area contributed by atoms with Crippen molar-refractivity contribution in [2.75, 3.05) is 11.5 Å². The third kappa shape index (κ3) is 2.81. The maximum Gasteiger partial charge on any atom is 0.152 e. The molecule has 1 aromatic heterocycles. The van der Waals surface area contributed by atoms with Crippen molar-refractivity contribution in [2.45, 2.75) is 18.4 Å². The molecule has 1 aromatic rings. The molecule has 0 bridgehead atoms. The van der Waals surface area contributed by atoms with Crippen LogP contribution in [0.4, 0.5) is 0 Å². The molecule has 2 rings (SSSR count). The molecule has 4 nitrogen and oxygen atoms in total. The van der Waals surface area contributed by atoms with Gasteiger partial charge in [-0.25, -0.2) is 8.42 Å². The molecule has 0 amide bonds. The highest BCUT2D eigenvalue weighted by Crippen LogP contribution is 2.24. The first-order chi connectivity index (χ1) is 7.39. The van der Waals surface area contributed by atoms with Crippen molar-refractivity contribution in [3.8, 4) is 0 Å². The predicted octanol–water partition coefficient (Wildman–Crippen LogP) is 0.903. The number of nitrogens with zero attached hydrogens (tertiary/aromatic N) is 1. The molecule has 1 aliphatic rings. The molecule has 2 N–H and O–H groups in total. The third-order valence-electron chi connectivity index (χ3n) is 2.74. The minimum absolute atomic E-state index is 0.0672. The van der Waals surface area contributed by atoms with E-state index in [1.54, 1.807) is 6.20 Å². The summed E-state index contributed by atoms with van der Waals surface area (Å²) in [6.45, 7) is 0. The van der Waals surface area contributed by atoms with E-state index in [1.165, 1.54) is 0 Å². The van der Waals surface area contributed by atoms with Crippen LogP contribution in [0.2, 0.25) is 0 Å². The number of hydrogen-bond donors (Lipinski definition) is 1. The lowest BCUT2D eigenvalue weighted by Crippen LogP contribution is -2.43. The summed E-state index contributed by atoms with van der Waals surface area (Å²) in [5.41, 5.74) is 6.27. The Hall–Kier alpha value is -0.460. The van der Waals surface area contributed by atoms with Gasteiger partial charge in [0.05, 0.1) is 11.5 Å². The fraction of sp³-hybridized carbons (Fsp3) is 0.500. The minimum atomic E-state index is -2.94. The number of sulfone groups is 1. The van der Waals surface area contributed by atoms with E-state index in [-0.39, 0.29) is 11.5 Å². The first kappa shape index (κ1) is 12.0. The Labute approximate surface area is 103 Å². The molecule has 88 valence electrons. The van der Waals surface area contributed by atoms with Crippen LogP contribution in [0.3, 0.4) is 0 Å². The normalized spacial score (nSPS) is 28.1. The summed E-state index contributed by atoms with van der Waals surface area (Å²) < 4.78 is 23.7. The predicted molar refractivity (Wildman–Crippen MR) is 65.8 cm³/mol. The van der Waals surface area contributed by atoms with Crippen LogP contribution >= 0.6 is 15.9 Å². The van der Waals surface area contributed by atoms with Gasteiger partial charge in [0.15, 0.2) is 9.84 Å². The standard InChI is InChI=1S/C10H13BrN2O2S/c11-8-1-2-9(13-6-8)5-10(12)3-4-16(14,15)7-10/h1-2,6H,3-5,7,12H2. The molecule has 0 saturated carbocycles. The molecule has 1 unspecified atom stereocenters. The van der Waals surface area contributed by atoms with Gasteiger partial charge in [-0.05, 0) is 34.5 Å². The van der Waals surface area contributed by atoms with Gasteiger partial charge in [0.25, 0.3) is 0 Å². The SMILES string of the molecule is NC1(Cc2ccc(Br)cn2)CCS(=O)(=O)C1. The van der Waals surface area contributed by atoms with Crippen LogP contribution in [0.15, 0.2) is 22.8 Å². The number of pyridine rings is 1. The molecule has 1 saturated heterocycles. The Bertz CT molecular complexity index is 486. The minimum Gasteiger partial charge on any atom is -0.324 e. The molecule has 1 atom stereocenters. The Morgan fingerprint density at radius 2 is 2.25 bits per heavy atom. The van der Waals surface area contributed by atoms with Crippen LogP contribution in [0.5, 0.6) is 0 Å². The van der Waals surface area contributed by atoms with E-state index < -0.39 is 15.4 Å². The number of rotatable bonds is 2. The van der Waals surface area contributed by atoms with Crippen molar-refractivity contribution in [3.05, 3.63) is 28.5 Å². The molecule has 2 heterocycles. The van der Waals surface area contributed by atoms with Crippen LogP contribution in [0, 0.1) is 0 Å². The highest BCUT2D eigenvalue weighted by molar-refractivity contribution is 9.10. The van der Waals surface area contributed by atoms with Gasteiger partial charge < -0.3 is 5.73 Å². The first-order valence-corrected chi connectivity index (χ1v) is 7.60. The molecule has 0 aliphatic carbocycles. The largest absolute Gasteiger partial charge is 0.324 e. The summed E-state index contributed by atoms with van der Waals surface area (Å²) in [5.74, 6) is 0.262. The lowest BCUT2D eigenvalue weighted by molar-refractivity contribution is 0.471. The molecule has 0 spiro atoms. The van der Waals surface area contributed by atoms with Crippen LogP contribution in [0.25, 0.3) is 0 Å². The average Bonchev–Trinajstić information content (AvgIpc) is 2.45. The number of halogens is 1. The van der Waals surface area contributed by atoms with Crippen molar-refractivity contribution >= 4 is 25.8 Å². The fourth-order valence-electron chi connectivity index (χ4n) is 1.95. The van der Waals surface area contributed by atoms with Gasteiger partial charge in [0, 0.05) is 28.3 Å². The van der Waals surface area contributed by atoms with E-state index >= 15 is 0 Å². The Balaban J connectivity index is 2.13. The van der Waals surface area contributed by atoms with E-state index in [9.17, 15) is 8.42 Å². The smallest absolute Gasteiger partial charge is 0.152 e. The Morgan fingerprint density at radius 3 is 2.75 bits per heavy atom. The second-order valence-corrected chi connectivity index (χ2v) is 7.45. The second kappa shape index (κ2) is 4.09. The van der Waals surface area contributed by atoms with Crippen LogP contribution in [-0.4, -0.2) is 30.4 Å². The molecular formula is C10H13BrN2O2S. The molecular weight excluding hydrogens is 292 g/mol. The quantitative estimate of drug-likeness (QED) is 0.881. The van der Waals surface area contributed by atoms with Gasteiger partial charge in [-0.15, -0.1) is 0 Å². The van der Waals surface area contributed by atoms with Gasteiger partial charge in [0.2, 0.25) is 0 Å². The summed E-state index contributed by atoms with van der Waals surface area (Å²) in [6, 6.07) is 3.75. The van der Waals surface area contributed by atoms with Crippen molar-refractivity contribution in [2.24, 2.45) is 5.73 Å². The van der Waals surface area contributed by atoms with Gasteiger partial charge >= 0.3 is 0 Å². The van der Waals surface area contributed by atoms with E-state index in [4.69, 9.17) is 5.73 Å². The van der Waals surface area contributed by atoms with Crippen molar-refractivity contribution in [1.82, 2.24) is 4.98 Å². The Morgan fingerprint density at radius 1 is 1.50 bits per heavy atom. The molecule has 16 heavy (non-hydrogen) atoms. The molecule has 1 aliphatic heterocycles. The molecule has 0 radical (unpaired) electrons. The number of hydrogen-bond acceptors (Lipinski definition) is 4. The monoisotopic (exact) mass is 304 g/mol. The van der Waals surface area contributed by atoms with E-state index in [0.29, 0.717) is 12.8 Å². The van der Waals surface area contributed by atoms with E-state index in [0.717, 1.165) is 10.2 Å². The highest BCUT2D eigenvalue weighted by Gasteiger charge is 2.39. The van der Waals surface area contributed by atoms with Crippen molar-refractivity contribution < 1.29 is 8.42 Å². The van der Waals surface area contributed by atoms with Crippen molar-refractivity contribution in [3.63, 3.8) is 0 Å². The maximum atomic E-state index is 11.4. The molecule has 1 fully saturated rings. The molecule has 6 heteroatoms. The number of aromatic nitrogens is 1. The van der Waals surface area contributed by atoms with Crippen molar-refractivity contribution in [1.29, 1.82) is 0 Å². The van der Waals surface area contributed by atoms with Gasteiger partial charge in [0.1, 0.15) is 0 Å². The summed E-state index contributed by atoms with van der Waals surface area (Å²) in [7, 11) is -2.94. The summed E-state index contributed by atoms with van der Waals surface area (Å²) in [4.78, 5) is 4.21. The Kier molecular flexibility index (Phi) is 3.07. The van der Waals surface area contributed by atoms with Gasteiger partial charge in [-0.1, -0.05) is 0 Å². The summed E-state index contributed by atoms with van der Waals surface area (Å²) in [5, 5.41) is 0. The third-order valence-corrected chi connectivity index (χ3v) is 5.05. The summed E-state index contributed by atoms with van der Waals surface area (Å²) >= 11 is 3.30. The van der Waals surface area contributed by atoms with Crippen LogP contribution in [-0.2, 0) is 16.3 Å². The lowest BCUT2D eigenvalue weighted by atomic mass is 9.94. The highest BCUT2D eigenvalue weighted by atomic mass is 79.9. The van der Waals surface area contributed by atoms with Gasteiger partial charge in [-0.3, -0.25) is 4.98 Å². The zero-order chi connectivity index (χ0) is 11.8. The summed E-state index contributed by atoms with van der Waals surface area (Å²) in [6.07, 6.45) is 2.73. The topological polar surface area (TPSA) is 73.0 Å². The second-order valence-electron chi connectivity index (χ2n) is 4.35. The van der Waals surface area contributed by atoms with E-state index in [1.807, 2.05) is 12.1 Å². The number of nitrogens with two attached hydrogens (primary N) is 1. The lowest BCUT2D eigenvalue weighted by Gasteiger charge is -2.21. The zero-order valence-electron chi connectivity index (χ0n) is 8.69. The van der Waals surface area contributed by atoms with Crippen LogP contribution < -0.4 is 5.73 Å². The zero-order valence-corrected chi connectivity index (χ0v) is 11.1. The average molecular weight is 305 g/mol.